The Morgan fingerprint density at radius 3 is 2.10 bits per heavy atom. The average molecular weight is 287 g/mol. The van der Waals surface area contributed by atoms with Crippen LogP contribution in [-0.2, 0) is 13.2 Å². The summed E-state index contributed by atoms with van der Waals surface area (Å²) in [6.45, 7) is 2.81. The maximum absolute atomic E-state index is 9.04. The van der Waals surface area contributed by atoms with Crippen molar-refractivity contribution in [3.05, 3.63) is 53.1 Å². The minimum Gasteiger partial charge on any atom is -0.493 e. The highest BCUT2D eigenvalue weighted by Gasteiger charge is 2.08. The molecule has 4 nitrogen and oxygen atoms in total. The molecule has 0 amide bonds. The van der Waals surface area contributed by atoms with E-state index in [-0.39, 0.29) is 6.61 Å². The molecule has 0 saturated heterocycles. The van der Waals surface area contributed by atoms with Gasteiger partial charge in [-0.1, -0.05) is 24.3 Å². The molecule has 21 heavy (non-hydrogen) atoms. The second-order valence-corrected chi connectivity index (χ2v) is 4.85. The van der Waals surface area contributed by atoms with E-state index in [4.69, 9.17) is 14.6 Å². The Balaban J connectivity index is 2.11. The molecule has 0 aliphatic rings. The monoisotopic (exact) mass is 287 g/mol. The predicted octanol–water partition coefficient (Wildman–Crippen LogP) is 3.12. The number of anilines is 1. The van der Waals surface area contributed by atoms with Crippen molar-refractivity contribution in [1.29, 1.82) is 0 Å². The minimum atomic E-state index is 0.0719. The fraction of sp³-hybridized carbons (Fsp3) is 0.294. The summed E-state index contributed by atoms with van der Waals surface area (Å²) in [6.07, 6.45) is 0. The molecule has 0 bridgehead atoms. The van der Waals surface area contributed by atoms with Gasteiger partial charge in [0.15, 0.2) is 11.5 Å². The zero-order valence-electron chi connectivity index (χ0n) is 12.6. The molecular weight excluding hydrogens is 266 g/mol. The summed E-state index contributed by atoms with van der Waals surface area (Å²) in [6, 6.07) is 11.8. The van der Waals surface area contributed by atoms with Crippen LogP contribution in [0, 0.1) is 6.92 Å². The van der Waals surface area contributed by atoms with Crippen LogP contribution in [0.2, 0.25) is 0 Å². The van der Waals surface area contributed by atoms with Gasteiger partial charge in [0.05, 0.1) is 20.8 Å². The first-order valence-corrected chi connectivity index (χ1v) is 6.83. The highest BCUT2D eigenvalue weighted by atomic mass is 16.5. The van der Waals surface area contributed by atoms with Crippen molar-refractivity contribution in [2.75, 3.05) is 19.5 Å². The molecule has 2 N–H and O–H groups in total. The lowest BCUT2D eigenvalue weighted by Gasteiger charge is -2.14. The molecule has 2 aromatic rings. The molecule has 0 fully saturated rings. The van der Waals surface area contributed by atoms with E-state index in [0.717, 1.165) is 28.1 Å². The Bertz CT molecular complexity index is 594. The van der Waals surface area contributed by atoms with E-state index in [1.54, 1.807) is 14.2 Å². The Morgan fingerprint density at radius 1 is 0.952 bits per heavy atom. The molecule has 0 aliphatic heterocycles. The van der Waals surface area contributed by atoms with Crippen molar-refractivity contribution < 1.29 is 14.6 Å². The summed E-state index contributed by atoms with van der Waals surface area (Å²) in [5, 5.41) is 12.4. The number of aliphatic hydroxyl groups excluding tert-OH is 1. The van der Waals surface area contributed by atoms with Crippen LogP contribution in [0.4, 0.5) is 5.69 Å². The molecule has 112 valence electrons. The summed E-state index contributed by atoms with van der Waals surface area (Å²) in [5.41, 5.74) is 4.18. The number of hydrogen-bond acceptors (Lipinski definition) is 4. The van der Waals surface area contributed by atoms with Crippen LogP contribution < -0.4 is 14.8 Å². The third kappa shape index (κ3) is 3.67. The fourth-order valence-electron chi connectivity index (χ4n) is 2.13. The molecule has 0 atom stereocenters. The first kappa shape index (κ1) is 15.2. The summed E-state index contributed by atoms with van der Waals surface area (Å²) < 4.78 is 10.6. The van der Waals surface area contributed by atoms with Gasteiger partial charge in [0.1, 0.15) is 0 Å². The number of benzene rings is 2. The molecule has 0 aromatic heterocycles. The van der Waals surface area contributed by atoms with Gasteiger partial charge in [0.25, 0.3) is 0 Å². The number of rotatable bonds is 6. The highest BCUT2D eigenvalue weighted by Crippen LogP contribution is 2.33. The highest BCUT2D eigenvalue weighted by molar-refractivity contribution is 5.60. The summed E-state index contributed by atoms with van der Waals surface area (Å²) in [7, 11) is 3.26. The third-order valence-corrected chi connectivity index (χ3v) is 3.42. The third-order valence-electron chi connectivity index (χ3n) is 3.42. The van der Waals surface area contributed by atoms with E-state index in [0.29, 0.717) is 12.3 Å². The van der Waals surface area contributed by atoms with Crippen LogP contribution >= 0.6 is 0 Å². The number of aryl methyl sites for hydroxylation is 1. The predicted molar refractivity (Wildman–Crippen MR) is 84.0 cm³/mol. The number of aliphatic hydroxyl groups is 1. The standard InChI is InChI=1S/C17H21NO3/c1-12-8-16(20-2)17(21-3)9-15(12)18-10-13-4-6-14(11-19)7-5-13/h4-9,18-19H,10-11H2,1-3H3. The number of hydrogen-bond donors (Lipinski definition) is 2. The van der Waals surface area contributed by atoms with Crippen molar-refractivity contribution >= 4 is 5.69 Å². The Labute approximate surface area is 125 Å². The Morgan fingerprint density at radius 2 is 1.52 bits per heavy atom. The molecule has 0 spiro atoms. The van der Waals surface area contributed by atoms with Gasteiger partial charge in [-0.05, 0) is 29.7 Å². The molecule has 0 unspecified atom stereocenters. The van der Waals surface area contributed by atoms with E-state index in [1.807, 2.05) is 43.3 Å². The molecule has 0 heterocycles. The lowest BCUT2D eigenvalue weighted by Crippen LogP contribution is -2.02. The molecule has 0 aliphatic carbocycles. The lowest BCUT2D eigenvalue weighted by molar-refractivity contribution is 0.282. The smallest absolute Gasteiger partial charge is 0.162 e. The van der Waals surface area contributed by atoms with E-state index in [1.165, 1.54) is 0 Å². The van der Waals surface area contributed by atoms with E-state index in [9.17, 15) is 0 Å². The van der Waals surface area contributed by atoms with E-state index < -0.39 is 0 Å². The summed E-state index contributed by atoms with van der Waals surface area (Å²) >= 11 is 0. The average Bonchev–Trinajstić information content (AvgIpc) is 2.53. The van der Waals surface area contributed by atoms with Crippen molar-refractivity contribution in [2.24, 2.45) is 0 Å². The molecule has 0 saturated carbocycles. The van der Waals surface area contributed by atoms with Crippen molar-refractivity contribution in [3.8, 4) is 11.5 Å². The van der Waals surface area contributed by atoms with Crippen LogP contribution in [0.25, 0.3) is 0 Å². The summed E-state index contributed by atoms with van der Waals surface area (Å²) in [4.78, 5) is 0. The molecule has 0 radical (unpaired) electrons. The second-order valence-electron chi connectivity index (χ2n) is 4.85. The normalized spacial score (nSPS) is 10.3. The first-order valence-electron chi connectivity index (χ1n) is 6.83. The minimum absolute atomic E-state index is 0.0719. The Hall–Kier alpha value is -2.20. The SMILES string of the molecule is COc1cc(C)c(NCc2ccc(CO)cc2)cc1OC. The van der Waals surface area contributed by atoms with Gasteiger partial charge in [-0.3, -0.25) is 0 Å². The van der Waals surface area contributed by atoms with Gasteiger partial charge >= 0.3 is 0 Å². The maximum atomic E-state index is 9.04. The van der Waals surface area contributed by atoms with Gasteiger partial charge in [0.2, 0.25) is 0 Å². The molecule has 4 heteroatoms. The lowest BCUT2D eigenvalue weighted by atomic mass is 10.1. The maximum Gasteiger partial charge on any atom is 0.162 e. The topological polar surface area (TPSA) is 50.7 Å². The van der Waals surface area contributed by atoms with Gasteiger partial charge in [-0.2, -0.15) is 0 Å². The number of nitrogens with one attached hydrogen (secondary N) is 1. The zero-order valence-corrected chi connectivity index (χ0v) is 12.6. The van der Waals surface area contributed by atoms with Crippen LogP contribution in [0.1, 0.15) is 16.7 Å². The van der Waals surface area contributed by atoms with Gasteiger partial charge in [0, 0.05) is 18.3 Å². The van der Waals surface area contributed by atoms with Crippen LogP contribution in [0.3, 0.4) is 0 Å². The van der Waals surface area contributed by atoms with Crippen LogP contribution in [-0.4, -0.2) is 19.3 Å². The van der Waals surface area contributed by atoms with Crippen molar-refractivity contribution in [3.63, 3.8) is 0 Å². The molecular formula is C17H21NO3. The van der Waals surface area contributed by atoms with Crippen molar-refractivity contribution in [1.82, 2.24) is 0 Å². The first-order chi connectivity index (χ1) is 10.2. The van der Waals surface area contributed by atoms with Crippen LogP contribution in [0.15, 0.2) is 36.4 Å². The molecule has 2 aromatic carbocycles. The van der Waals surface area contributed by atoms with E-state index >= 15 is 0 Å². The van der Waals surface area contributed by atoms with E-state index in [2.05, 4.69) is 5.32 Å². The van der Waals surface area contributed by atoms with Gasteiger partial charge in [-0.25, -0.2) is 0 Å². The van der Waals surface area contributed by atoms with Crippen LogP contribution in [0.5, 0.6) is 11.5 Å². The Kier molecular flexibility index (Phi) is 5.06. The fourth-order valence-corrected chi connectivity index (χ4v) is 2.13. The largest absolute Gasteiger partial charge is 0.493 e. The quantitative estimate of drug-likeness (QED) is 0.857. The van der Waals surface area contributed by atoms with Gasteiger partial charge < -0.3 is 19.9 Å². The summed E-state index contributed by atoms with van der Waals surface area (Å²) in [5.74, 6) is 1.44. The zero-order chi connectivity index (χ0) is 15.2. The second kappa shape index (κ2) is 6.99. The van der Waals surface area contributed by atoms with Gasteiger partial charge in [-0.15, -0.1) is 0 Å². The number of ether oxygens (including phenoxy) is 2. The van der Waals surface area contributed by atoms with Crippen molar-refractivity contribution in [2.45, 2.75) is 20.1 Å². The molecule has 2 rings (SSSR count). The number of methoxy groups -OCH3 is 2.